The van der Waals surface area contributed by atoms with Gasteiger partial charge in [0.05, 0.1) is 11.0 Å². The molecule has 148 valence electrons. The van der Waals surface area contributed by atoms with Crippen LogP contribution in [0.3, 0.4) is 0 Å². The summed E-state index contributed by atoms with van der Waals surface area (Å²) in [6, 6.07) is 4.73. The largest absolute Gasteiger partial charge is 0.416 e. The number of nitrogens with one attached hydrogen (secondary N) is 1. The Morgan fingerprint density at radius 2 is 1.96 bits per heavy atom. The molecule has 0 bridgehead atoms. The van der Waals surface area contributed by atoms with E-state index in [1.165, 1.54) is 11.0 Å². The number of alkyl halides is 3. The number of carbonyl (C=O) groups excluding carboxylic acids is 2. The topological polar surface area (TPSA) is 52.7 Å². The minimum Gasteiger partial charge on any atom is -0.340 e. The number of piperidine rings is 1. The molecule has 0 aromatic heterocycles. The summed E-state index contributed by atoms with van der Waals surface area (Å²) in [6.45, 7) is 0.951. The van der Waals surface area contributed by atoms with E-state index in [4.69, 9.17) is 0 Å². The van der Waals surface area contributed by atoms with Crippen LogP contribution in [0.4, 0.5) is 18.0 Å². The van der Waals surface area contributed by atoms with Crippen LogP contribution in [0.1, 0.15) is 36.8 Å². The Kier molecular flexibility index (Phi) is 5.10. The number of carbonyl (C=O) groups is 2. The average molecular weight is 383 g/mol. The molecule has 2 fully saturated rings. The van der Waals surface area contributed by atoms with Crippen molar-refractivity contribution >= 4 is 11.9 Å². The van der Waals surface area contributed by atoms with Gasteiger partial charge in [-0.15, -0.1) is 0 Å². The number of nitrogens with zero attached hydrogens (tertiary/aromatic N) is 2. The molecule has 1 saturated carbocycles. The third kappa shape index (κ3) is 4.04. The van der Waals surface area contributed by atoms with E-state index in [9.17, 15) is 22.8 Å². The monoisotopic (exact) mass is 383 g/mol. The van der Waals surface area contributed by atoms with Gasteiger partial charge in [0.2, 0.25) is 5.91 Å². The van der Waals surface area contributed by atoms with Crippen molar-refractivity contribution in [3.8, 4) is 0 Å². The van der Waals surface area contributed by atoms with Gasteiger partial charge < -0.3 is 15.1 Å². The molecule has 1 aliphatic heterocycles. The van der Waals surface area contributed by atoms with Crippen LogP contribution in [0.5, 0.6) is 0 Å². The van der Waals surface area contributed by atoms with E-state index < -0.39 is 17.2 Å². The zero-order valence-corrected chi connectivity index (χ0v) is 15.5. The fraction of sp³-hybridized carbons (Fsp3) is 0.579. The van der Waals surface area contributed by atoms with Crippen LogP contribution >= 0.6 is 0 Å². The SMILES string of the molecule is CN(C)C(=O)NC1CCCN(C(=O)C2(c3cccc(C(F)(F)F)c3)CC2)C1. The Hall–Kier alpha value is -2.25. The molecular formula is C19H24F3N3O2. The van der Waals surface area contributed by atoms with Crippen molar-refractivity contribution in [1.82, 2.24) is 15.1 Å². The highest BCUT2D eigenvalue weighted by Gasteiger charge is 2.53. The van der Waals surface area contributed by atoms with Crippen LogP contribution in [-0.4, -0.2) is 55.0 Å². The van der Waals surface area contributed by atoms with E-state index >= 15 is 0 Å². The number of likely N-dealkylation sites (tertiary alicyclic amines) is 1. The van der Waals surface area contributed by atoms with Crippen LogP contribution in [-0.2, 0) is 16.4 Å². The van der Waals surface area contributed by atoms with E-state index in [1.807, 2.05) is 0 Å². The van der Waals surface area contributed by atoms with E-state index in [0.29, 0.717) is 31.5 Å². The van der Waals surface area contributed by atoms with E-state index in [1.54, 1.807) is 25.1 Å². The number of halogens is 3. The number of amides is 3. The lowest BCUT2D eigenvalue weighted by molar-refractivity contribution is -0.138. The normalized spacial score (nSPS) is 21.5. The lowest BCUT2D eigenvalue weighted by atomic mass is 9.91. The molecule has 3 amide bonds. The smallest absolute Gasteiger partial charge is 0.340 e. The van der Waals surface area contributed by atoms with E-state index in [0.717, 1.165) is 25.0 Å². The summed E-state index contributed by atoms with van der Waals surface area (Å²) in [4.78, 5) is 28.1. The summed E-state index contributed by atoms with van der Waals surface area (Å²) < 4.78 is 39.1. The molecule has 2 aliphatic rings. The first-order valence-electron chi connectivity index (χ1n) is 9.08. The summed E-state index contributed by atoms with van der Waals surface area (Å²) in [6.07, 6.45) is -1.79. The van der Waals surface area contributed by atoms with E-state index in [2.05, 4.69) is 5.32 Å². The number of hydrogen-bond acceptors (Lipinski definition) is 2. The maximum atomic E-state index is 13.1. The quantitative estimate of drug-likeness (QED) is 0.873. The van der Waals surface area contributed by atoms with Gasteiger partial charge in [-0.3, -0.25) is 4.79 Å². The van der Waals surface area contributed by atoms with Gasteiger partial charge in [-0.2, -0.15) is 13.2 Å². The first-order valence-corrected chi connectivity index (χ1v) is 9.08. The highest BCUT2D eigenvalue weighted by Crippen LogP contribution is 2.50. The third-order valence-corrected chi connectivity index (χ3v) is 5.34. The summed E-state index contributed by atoms with van der Waals surface area (Å²) in [5, 5.41) is 2.89. The van der Waals surface area contributed by atoms with Crippen LogP contribution in [0.2, 0.25) is 0 Å². The van der Waals surface area contributed by atoms with Gasteiger partial charge in [0.15, 0.2) is 0 Å². The summed E-state index contributed by atoms with van der Waals surface area (Å²) in [7, 11) is 3.29. The molecule has 1 unspecified atom stereocenters. The Labute approximate surface area is 156 Å². The lowest BCUT2D eigenvalue weighted by Crippen LogP contribution is -2.53. The summed E-state index contributed by atoms with van der Waals surface area (Å²) in [5.41, 5.74) is -1.15. The number of hydrogen-bond donors (Lipinski definition) is 1. The Bertz CT molecular complexity index is 729. The molecule has 1 N–H and O–H groups in total. The minimum atomic E-state index is -4.43. The van der Waals surface area contributed by atoms with Crippen LogP contribution in [0, 0.1) is 0 Å². The number of urea groups is 1. The lowest BCUT2D eigenvalue weighted by Gasteiger charge is -2.36. The molecule has 1 atom stereocenters. The molecular weight excluding hydrogens is 359 g/mol. The maximum absolute atomic E-state index is 13.1. The number of rotatable bonds is 3. The van der Waals surface area contributed by atoms with Gasteiger partial charge in [0.1, 0.15) is 0 Å². The Morgan fingerprint density at radius 3 is 2.56 bits per heavy atom. The van der Waals surface area contributed by atoms with Gasteiger partial charge in [-0.25, -0.2) is 4.79 Å². The highest BCUT2D eigenvalue weighted by molar-refractivity contribution is 5.91. The standard InChI is InChI=1S/C19H24F3N3O2/c1-24(2)17(27)23-15-7-4-10-25(12-15)16(26)18(8-9-18)13-5-3-6-14(11-13)19(20,21)22/h3,5-6,11,15H,4,7-10,12H2,1-2H3,(H,23,27). The Morgan fingerprint density at radius 1 is 1.26 bits per heavy atom. The molecule has 27 heavy (non-hydrogen) atoms. The Balaban J connectivity index is 1.74. The molecule has 1 heterocycles. The van der Waals surface area contributed by atoms with Crippen molar-refractivity contribution in [2.75, 3.05) is 27.2 Å². The van der Waals surface area contributed by atoms with Gasteiger partial charge in [-0.05, 0) is 37.3 Å². The van der Waals surface area contributed by atoms with Gasteiger partial charge in [0.25, 0.3) is 0 Å². The average Bonchev–Trinajstić information content (AvgIpc) is 3.42. The molecule has 1 aromatic rings. The highest BCUT2D eigenvalue weighted by atomic mass is 19.4. The molecule has 3 rings (SSSR count). The second-order valence-corrected chi connectivity index (χ2v) is 7.59. The molecule has 1 saturated heterocycles. The maximum Gasteiger partial charge on any atom is 0.416 e. The minimum absolute atomic E-state index is 0.134. The zero-order chi connectivity index (χ0) is 19.8. The summed E-state index contributed by atoms with van der Waals surface area (Å²) >= 11 is 0. The van der Waals surface area contributed by atoms with Crippen LogP contribution in [0.15, 0.2) is 24.3 Å². The second kappa shape index (κ2) is 7.05. The van der Waals surface area contributed by atoms with Crippen LogP contribution < -0.4 is 5.32 Å². The first kappa shape index (κ1) is 19.5. The third-order valence-electron chi connectivity index (χ3n) is 5.34. The molecule has 1 aromatic carbocycles. The predicted molar refractivity (Wildman–Crippen MR) is 94.2 cm³/mol. The predicted octanol–water partition coefficient (Wildman–Crippen LogP) is 3.00. The second-order valence-electron chi connectivity index (χ2n) is 7.59. The van der Waals surface area contributed by atoms with Crippen molar-refractivity contribution in [3.63, 3.8) is 0 Å². The zero-order valence-electron chi connectivity index (χ0n) is 15.5. The molecule has 8 heteroatoms. The number of benzene rings is 1. The van der Waals surface area contributed by atoms with Gasteiger partial charge in [0, 0.05) is 33.2 Å². The fourth-order valence-corrected chi connectivity index (χ4v) is 3.63. The van der Waals surface area contributed by atoms with Gasteiger partial charge in [-0.1, -0.05) is 18.2 Å². The van der Waals surface area contributed by atoms with Crippen molar-refractivity contribution in [2.45, 2.75) is 43.3 Å². The molecule has 0 spiro atoms. The van der Waals surface area contributed by atoms with Crippen LogP contribution in [0.25, 0.3) is 0 Å². The fourth-order valence-electron chi connectivity index (χ4n) is 3.63. The first-order chi connectivity index (χ1) is 12.6. The van der Waals surface area contributed by atoms with Crippen molar-refractivity contribution in [1.29, 1.82) is 0 Å². The van der Waals surface area contributed by atoms with E-state index in [-0.39, 0.29) is 18.0 Å². The molecule has 5 nitrogen and oxygen atoms in total. The summed E-state index contributed by atoms with van der Waals surface area (Å²) in [5.74, 6) is -0.134. The van der Waals surface area contributed by atoms with Crippen molar-refractivity contribution in [2.24, 2.45) is 0 Å². The molecule has 0 radical (unpaired) electrons. The molecule has 1 aliphatic carbocycles. The van der Waals surface area contributed by atoms with Gasteiger partial charge >= 0.3 is 12.2 Å². The van der Waals surface area contributed by atoms with Crippen molar-refractivity contribution in [3.05, 3.63) is 35.4 Å². The van der Waals surface area contributed by atoms with Crippen molar-refractivity contribution < 1.29 is 22.8 Å².